The topological polar surface area (TPSA) is 66.4 Å². The summed E-state index contributed by atoms with van der Waals surface area (Å²) < 4.78 is 38.9. The van der Waals surface area contributed by atoms with Crippen LogP contribution in [-0.4, -0.2) is 22.5 Å². The lowest BCUT2D eigenvalue weighted by atomic mass is 9.95. The number of aliphatic carboxylic acids is 1. The minimum absolute atomic E-state index is 0.0831. The highest BCUT2D eigenvalue weighted by atomic mass is 127. The Morgan fingerprint density at radius 2 is 1.62 bits per heavy atom. The Balaban J connectivity index is 1.93. The van der Waals surface area contributed by atoms with Gasteiger partial charge in [0.15, 0.2) is 0 Å². The molecule has 2 aromatic carbocycles. The number of carbonyl (C=O) groups excluding carboxylic acids is 1. The SMILES string of the molecule is O=C(NC1(C(=O)O)Cc2ccccc2C1)c1cccc(C(F)(F)F)c1I. The van der Waals surface area contributed by atoms with Crippen molar-refractivity contribution in [2.24, 2.45) is 0 Å². The van der Waals surface area contributed by atoms with Crippen molar-refractivity contribution in [3.8, 4) is 0 Å². The number of carboxylic acids is 1. The van der Waals surface area contributed by atoms with Gasteiger partial charge in [0.2, 0.25) is 0 Å². The van der Waals surface area contributed by atoms with Crippen molar-refractivity contribution < 1.29 is 27.9 Å². The molecule has 0 bridgehead atoms. The molecule has 8 heteroatoms. The molecule has 0 aliphatic heterocycles. The summed E-state index contributed by atoms with van der Waals surface area (Å²) >= 11 is 1.46. The molecule has 0 unspecified atom stereocenters. The van der Waals surface area contributed by atoms with Crippen LogP contribution in [0.15, 0.2) is 42.5 Å². The van der Waals surface area contributed by atoms with Crippen LogP contribution in [0.2, 0.25) is 0 Å². The van der Waals surface area contributed by atoms with Crippen molar-refractivity contribution in [3.63, 3.8) is 0 Å². The zero-order chi connectivity index (χ0) is 19.1. The van der Waals surface area contributed by atoms with Crippen LogP contribution in [0.5, 0.6) is 0 Å². The third-order valence-corrected chi connectivity index (χ3v) is 5.58. The fraction of sp³-hybridized carbons (Fsp3) is 0.222. The molecule has 0 aromatic heterocycles. The van der Waals surface area contributed by atoms with Crippen molar-refractivity contribution in [2.75, 3.05) is 0 Å². The molecule has 136 valence electrons. The smallest absolute Gasteiger partial charge is 0.417 e. The van der Waals surface area contributed by atoms with Crippen LogP contribution in [0.3, 0.4) is 0 Å². The molecule has 0 radical (unpaired) electrons. The summed E-state index contributed by atoms with van der Waals surface area (Å²) in [4.78, 5) is 24.5. The van der Waals surface area contributed by atoms with Crippen LogP contribution in [0.1, 0.15) is 27.0 Å². The highest BCUT2D eigenvalue weighted by molar-refractivity contribution is 14.1. The van der Waals surface area contributed by atoms with Crippen molar-refractivity contribution in [3.05, 3.63) is 68.3 Å². The first-order valence-corrected chi connectivity index (χ1v) is 8.70. The molecule has 0 spiro atoms. The van der Waals surface area contributed by atoms with Crippen molar-refractivity contribution in [2.45, 2.75) is 24.6 Å². The van der Waals surface area contributed by atoms with Gasteiger partial charge >= 0.3 is 12.1 Å². The highest BCUT2D eigenvalue weighted by Gasteiger charge is 2.46. The summed E-state index contributed by atoms with van der Waals surface area (Å²) in [5.41, 5.74) is -1.09. The molecule has 0 fully saturated rings. The molecule has 1 amide bonds. The van der Waals surface area contributed by atoms with Crippen LogP contribution < -0.4 is 5.32 Å². The first-order valence-electron chi connectivity index (χ1n) is 7.62. The van der Waals surface area contributed by atoms with Gasteiger partial charge in [-0.05, 0) is 45.9 Å². The number of carbonyl (C=O) groups is 2. The van der Waals surface area contributed by atoms with E-state index in [0.29, 0.717) is 0 Å². The fourth-order valence-electron chi connectivity index (χ4n) is 3.12. The summed E-state index contributed by atoms with van der Waals surface area (Å²) in [7, 11) is 0. The maximum atomic E-state index is 13.0. The van der Waals surface area contributed by atoms with E-state index in [1.165, 1.54) is 28.7 Å². The Morgan fingerprint density at radius 1 is 1.04 bits per heavy atom. The summed E-state index contributed by atoms with van der Waals surface area (Å²) in [6, 6.07) is 10.4. The fourth-order valence-corrected chi connectivity index (χ4v) is 4.03. The highest BCUT2D eigenvalue weighted by Crippen LogP contribution is 2.35. The van der Waals surface area contributed by atoms with Gasteiger partial charge in [-0.2, -0.15) is 13.2 Å². The second-order valence-corrected chi connectivity index (χ2v) is 7.21. The maximum absolute atomic E-state index is 13.0. The van der Waals surface area contributed by atoms with Gasteiger partial charge in [-0.3, -0.25) is 4.79 Å². The molecular weight excluding hydrogens is 462 g/mol. The number of halogens is 4. The van der Waals surface area contributed by atoms with Crippen LogP contribution in [-0.2, 0) is 23.8 Å². The summed E-state index contributed by atoms with van der Waals surface area (Å²) in [6.45, 7) is 0. The lowest BCUT2D eigenvalue weighted by molar-refractivity contribution is -0.144. The normalized spacial score (nSPS) is 15.4. The number of nitrogens with one attached hydrogen (secondary N) is 1. The first kappa shape index (κ1) is 18.7. The number of carboxylic acid groups (broad SMARTS) is 1. The van der Waals surface area contributed by atoms with Gasteiger partial charge in [0.1, 0.15) is 5.54 Å². The number of hydrogen-bond acceptors (Lipinski definition) is 2. The summed E-state index contributed by atoms with van der Waals surface area (Å²) in [5, 5.41) is 12.2. The number of benzene rings is 2. The molecule has 2 aromatic rings. The molecule has 0 heterocycles. The van der Waals surface area contributed by atoms with E-state index in [2.05, 4.69) is 5.32 Å². The second kappa shape index (κ2) is 6.57. The Hall–Kier alpha value is -2.10. The average molecular weight is 475 g/mol. The molecule has 4 nitrogen and oxygen atoms in total. The van der Waals surface area contributed by atoms with Crippen LogP contribution in [0.25, 0.3) is 0 Å². The molecule has 0 saturated heterocycles. The van der Waals surface area contributed by atoms with E-state index < -0.39 is 29.2 Å². The maximum Gasteiger partial charge on any atom is 0.417 e. The van der Waals surface area contributed by atoms with Gasteiger partial charge in [-0.15, -0.1) is 0 Å². The number of alkyl halides is 3. The largest absolute Gasteiger partial charge is 0.479 e. The molecule has 2 N–H and O–H groups in total. The number of rotatable bonds is 3. The van der Waals surface area contributed by atoms with E-state index >= 15 is 0 Å². The standard InChI is InChI=1S/C18H13F3INO3/c19-18(20,21)13-7-3-6-12(14(13)22)15(24)23-17(16(25)26)8-10-4-1-2-5-11(10)9-17/h1-7H,8-9H2,(H,23,24)(H,25,26). The van der Waals surface area contributed by atoms with Gasteiger partial charge in [-0.25, -0.2) is 4.79 Å². The van der Waals surface area contributed by atoms with Crippen LogP contribution in [0.4, 0.5) is 13.2 Å². The van der Waals surface area contributed by atoms with Gasteiger partial charge < -0.3 is 10.4 Å². The summed E-state index contributed by atoms with van der Waals surface area (Å²) in [6.07, 6.45) is -4.43. The Kier molecular flexibility index (Phi) is 4.72. The van der Waals surface area contributed by atoms with E-state index in [4.69, 9.17) is 0 Å². The Morgan fingerprint density at radius 3 is 2.12 bits per heavy atom. The van der Waals surface area contributed by atoms with Crippen molar-refractivity contribution >= 4 is 34.5 Å². The molecule has 0 atom stereocenters. The van der Waals surface area contributed by atoms with E-state index in [9.17, 15) is 27.9 Å². The minimum atomic E-state index is -4.60. The molecule has 0 saturated carbocycles. The second-order valence-electron chi connectivity index (χ2n) is 6.13. The Bertz CT molecular complexity index is 870. The number of amides is 1. The molecule has 3 rings (SSSR count). The number of fused-ring (bicyclic) bond motifs is 1. The first-order chi connectivity index (χ1) is 12.1. The number of hydrogen-bond donors (Lipinski definition) is 2. The van der Waals surface area contributed by atoms with Crippen molar-refractivity contribution in [1.29, 1.82) is 0 Å². The summed E-state index contributed by atoms with van der Waals surface area (Å²) in [5.74, 6) is -2.06. The molecule has 1 aliphatic rings. The third-order valence-electron chi connectivity index (χ3n) is 4.41. The van der Waals surface area contributed by atoms with E-state index in [1.807, 2.05) is 0 Å². The monoisotopic (exact) mass is 475 g/mol. The van der Waals surface area contributed by atoms with Crippen molar-refractivity contribution in [1.82, 2.24) is 5.32 Å². The molecular formula is C18H13F3INO3. The third kappa shape index (κ3) is 3.29. The molecule has 26 heavy (non-hydrogen) atoms. The average Bonchev–Trinajstić information content (AvgIpc) is 2.93. The van der Waals surface area contributed by atoms with Crippen LogP contribution in [0, 0.1) is 3.57 Å². The quantitative estimate of drug-likeness (QED) is 0.667. The van der Waals surface area contributed by atoms with E-state index in [0.717, 1.165) is 23.3 Å². The Labute approximate surface area is 160 Å². The lowest BCUT2D eigenvalue weighted by Crippen LogP contribution is -2.55. The van der Waals surface area contributed by atoms with Gasteiger partial charge in [-0.1, -0.05) is 30.3 Å². The minimum Gasteiger partial charge on any atom is -0.479 e. The van der Waals surface area contributed by atoms with Gasteiger partial charge in [0.25, 0.3) is 5.91 Å². The van der Waals surface area contributed by atoms with Gasteiger partial charge in [0.05, 0.1) is 11.1 Å². The predicted octanol–water partition coefficient (Wildman–Crippen LogP) is 3.66. The van der Waals surface area contributed by atoms with Crippen LogP contribution >= 0.6 is 22.6 Å². The predicted molar refractivity (Wildman–Crippen MR) is 95.8 cm³/mol. The zero-order valence-electron chi connectivity index (χ0n) is 13.2. The van der Waals surface area contributed by atoms with Gasteiger partial charge in [0, 0.05) is 16.4 Å². The zero-order valence-corrected chi connectivity index (χ0v) is 15.4. The van der Waals surface area contributed by atoms with E-state index in [-0.39, 0.29) is 22.0 Å². The molecule has 1 aliphatic carbocycles. The van der Waals surface area contributed by atoms with E-state index in [1.54, 1.807) is 24.3 Å². The lowest BCUT2D eigenvalue weighted by Gasteiger charge is -2.26.